The number of aliphatic hydroxyl groups is 1. The average molecular weight is 282 g/mol. The molecular formula is C15H22O5. The van der Waals surface area contributed by atoms with Crippen molar-refractivity contribution in [2.75, 3.05) is 0 Å². The van der Waals surface area contributed by atoms with Gasteiger partial charge in [0.2, 0.25) is 0 Å². The molecule has 0 unspecified atom stereocenters. The third-order valence-corrected chi connectivity index (χ3v) is 5.60. The fraction of sp³-hybridized carbons (Fsp3) is 0.867. The van der Waals surface area contributed by atoms with E-state index in [9.17, 15) is 14.7 Å². The SMILES string of the molecule is CC(=O)[C@]12CC[C@@H]3[C@H](OC(=O)[C@H]3C)[C@@H](O)[C@](C)(CC1)O2. The van der Waals surface area contributed by atoms with Gasteiger partial charge in [-0.15, -0.1) is 0 Å². The third kappa shape index (κ3) is 1.76. The quantitative estimate of drug-likeness (QED) is 0.732. The van der Waals surface area contributed by atoms with Crippen molar-refractivity contribution in [3.05, 3.63) is 0 Å². The minimum Gasteiger partial charge on any atom is -0.459 e. The minimum atomic E-state index is -0.872. The Hall–Kier alpha value is -0.940. The Morgan fingerprint density at radius 1 is 1.35 bits per heavy atom. The van der Waals surface area contributed by atoms with E-state index < -0.39 is 23.4 Å². The second kappa shape index (κ2) is 4.28. The number of fused-ring (bicyclic) bond motifs is 3. The number of esters is 1. The first-order valence-corrected chi connectivity index (χ1v) is 7.39. The second-order valence-corrected chi connectivity index (χ2v) is 6.80. The average Bonchev–Trinajstić information content (AvgIpc) is 2.88. The first-order valence-electron chi connectivity index (χ1n) is 7.39. The second-order valence-electron chi connectivity index (χ2n) is 6.80. The van der Waals surface area contributed by atoms with Crippen molar-refractivity contribution in [2.45, 2.75) is 69.9 Å². The highest BCUT2D eigenvalue weighted by Gasteiger charge is 2.60. The molecule has 0 aliphatic carbocycles. The highest BCUT2D eigenvalue weighted by Crippen LogP contribution is 2.50. The Morgan fingerprint density at radius 2 is 2.05 bits per heavy atom. The molecule has 3 rings (SSSR count). The van der Waals surface area contributed by atoms with Gasteiger partial charge in [0.1, 0.15) is 17.8 Å². The Balaban J connectivity index is 1.97. The van der Waals surface area contributed by atoms with Crippen molar-refractivity contribution < 1.29 is 24.2 Å². The monoisotopic (exact) mass is 282 g/mol. The van der Waals surface area contributed by atoms with Crippen LogP contribution in [0.4, 0.5) is 0 Å². The minimum absolute atomic E-state index is 0.0183. The zero-order valence-electron chi connectivity index (χ0n) is 12.2. The maximum absolute atomic E-state index is 12.0. The largest absolute Gasteiger partial charge is 0.459 e. The topological polar surface area (TPSA) is 72.8 Å². The summed E-state index contributed by atoms with van der Waals surface area (Å²) in [7, 11) is 0. The van der Waals surface area contributed by atoms with Gasteiger partial charge in [0.15, 0.2) is 5.78 Å². The number of hydrogen-bond acceptors (Lipinski definition) is 5. The Labute approximate surface area is 118 Å². The lowest BCUT2D eigenvalue weighted by Gasteiger charge is -2.41. The lowest BCUT2D eigenvalue weighted by atomic mass is 9.79. The van der Waals surface area contributed by atoms with Crippen molar-refractivity contribution in [3.8, 4) is 0 Å². The van der Waals surface area contributed by atoms with Gasteiger partial charge in [-0.3, -0.25) is 9.59 Å². The van der Waals surface area contributed by atoms with Crippen LogP contribution in [-0.2, 0) is 19.1 Å². The summed E-state index contributed by atoms with van der Waals surface area (Å²) in [6, 6.07) is 0. The van der Waals surface area contributed by atoms with Gasteiger partial charge in [-0.1, -0.05) is 6.92 Å². The third-order valence-electron chi connectivity index (χ3n) is 5.60. The lowest BCUT2D eigenvalue weighted by Crippen LogP contribution is -2.53. The Kier molecular flexibility index (Phi) is 3.00. The summed E-state index contributed by atoms with van der Waals surface area (Å²) >= 11 is 0. The molecule has 112 valence electrons. The molecule has 5 heteroatoms. The molecule has 3 saturated heterocycles. The van der Waals surface area contributed by atoms with Crippen LogP contribution in [0.5, 0.6) is 0 Å². The number of ketones is 1. The number of ether oxygens (including phenoxy) is 2. The van der Waals surface area contributed by atoms with Crippen molar-refractivity contribution in [3.63, 3.8) is 0 Å². The van der Waals surface area contributed by atoms with Gasteiger partial charge in [0.05, 0.1) is 11.5 Å². The lowest BCUT2D eigenvalue weighted by molar-refractivity contribution is -0.197. The van der Waals surface area contributed by atoms with Gasteiger partial charge in [-0.05, 0) is 39.5 Å². The normalized spacial score (nSPS) is 51.1. The molecule has 3 aliphatic rings. The maximum Gasteiger partial charge on any atom is 0.309 e. The van der Waals surface area contributed by atoms with E-state index in [1.807, 2.05) is 13.8 Å². The molecule has 0 spiro atoms. The molecule has 0 aromatic rings. The molecule has 20 heavy (non-hydrogen) atoms. The molecule has 3 aliphatic heterocycles. The molecule has 1 N–H and O–H groups in total. The predicted octanol–water partition coefficient (Wildman–Crippen LogP) is 1.22. The van der Waals surface area contributed by atoms with Crippen LogP contribution in [0.25, 0.3) is 0 Å². The van der Waals surface area contributed by atoms with Gasteiger partial charge < -0.3 is 14.6 Å². The van der Waals surface area contributed by atoms with Crippen molar-refractivity contribution in [2.24, 2.45) is 11.8 Å². The summed E-state index contributed by atoms with van der Waals surface area (Å²) in [6.07, 6.45) is 1.14. The standard InChI is InChI=1S/C15H22O5/c1-8-10-4-5-15(9(2)16)7-6-14(3,20-15)12(17)11(10)19-13(8)18/h8,10-12,17H,4-7H2,1-3H3/t8-,10-,11-,12+,14-,15-/m0/s1. The number of Topliss-reactive ketones (excluding diaryl/α,β-unsaturated/α-hetero) is 1. The molecule has 0 aromatic carbocycles. The summed E-state index contributed by atoms with van der Waals surface area (Å²) in [5.41, 5.74) is -1.59. The van der Waals surface area contributed by atoms with Crippen LogP contribution < -0.4 is 0 Å². The highest BCUT2D eigenvalue weighted by atomic mass is 16.6. The van der Waals surface area contributed by atoms with Crippen LogP contribution in [0.15, 0.2) is 0 Å². The summed E-state index contributed by atoms with van der Waals surface area (Å²) < 4.78 is 11.4. The zero-order chi connectivity index (χ0) is 14.7. The summed E-state index contributed by atoms with van der Waals surface area (Å²) in [5.74, 6) is -0.487. The van der Waals surface area contributed by atoms with Gasteiger partial charge in [-0.25, -0.2) is 0 Å². The van der Waals surface area contributed by atoms with E-state index in [2.05, 4.69) is 0 Å². The summed E-state index contributed by atoms with van der Waals surface area (Å²) in [5, 5.41) is 10.6. The first-order chi connectivity index (χ1) is 9.29. The van der Waals surface area contributed by atoms with E-state index in [0.717, 1.165) is 0 Å². The van der Waals surface area contributed by atoms with Crippen LogP contribution in [0.1, 0.15) is 46.5 Å². The number of rotatable bonds is 1. The van der Waals surface area contributed by atoms with Crippen molar-refractivity contribution in [1.82, 2.24) is 0 Å². The molecule has 3 heterocycles. The fourth-order valence-corrected chi connectivity index (χ4v) is 4.06. The molecule has 0 aromatic heterocycles. The Morgan fingerprint density at radius 3 is 2.70 bits per heavy atom. The van der Waals surface area contributed by atoms with Crippen molar-refractivity contribution >= 4 is 11.8 Å². The molecule has 5 nitrogen and oxygen atoms in total. The van der Waals surface area contributed by atoms with E-state index in [0.29, 0.717) is 25.7 Å². The molecule has 0 radical (unpaired) electrons. The van der Waals surface area contributed by atoms with Crippen molar-refractivity contribution in [1.29, 1.82) is 0 Å². The number of carbonyl (C=O) groups excluding carboxylic acids is 2. The molecule has 3 fully saturated rings. The van der Waals surface area contributed by atoms with Crippen LogP contribution >= 0.6 is 0 Å². The number of hydrogen-bond donors (Lipinski definition) is 1. The predicted molar refractivity (Wildman–Crippen MR) is 69.9 cm³/mol. The number of carbonyl (C=O) groups is 2. The van der Waals surface area contributed by atoms with E-state index in [4.69, 9.17) is 9.47 Å². The Bertz CT molecular complexity index is 461. The molecule has 6 atom stereocenters. The van der Waals surface area contributed by atoms with E-state index in [-0.39, 0.29) is 23.6 Å². The summed E-state index contributed by atoms with van der Waals surface area (Å²) in [6.45, 7) is 5.21. The molecule has 2 bridgehead atoms. The first kappa shape index (κ1) is 14.0. The van der Waals surface area contributed by atoms with Crippen LogP contribution in [0, 0.1) is 11.8 Å². The number of aliphatic hydroxyl groups excluding tert-OH is 1. The molecule has 0 saturated carbocycles. The van der Waals surface area contributed by atoms with Crippen LogP contribution in [-0.4, -0.2) is 40.3 Å². The van der Waals surface area contributed by atoms with Gasteiger partial charge in [0.25, 0.3) is 0 Å². The van der Waals surface area contributed by atoms with Gasteiger partial charge in [0, 0.05) is 5.92 Å². The van der Waals surface area contributed by atoms with E-state index >= 15 is 0 Å². The van der Waals surface area contributed by atoms with Gasteiger partial charge in [-0.2, -0.15) is 0 Å². The van der Waals surface area contributed by atoms with Crippen LogP contribution in [0.3, 0.4) is 0 Å². The fourth-order valence-electron chi connectivity index (χ4n) is 4.06. The van der Waals surface area contributed by atoms with Gasteiger partial charge >= 0.3 is 5.97 Å². The van der Waals surface area contributed by atoms with E-state index in [1.54, 1.807) is 6.92 Å². The molecule has 0 amide bonds. The molecular weight excluding hydrogens is 260 g/mol. The zero-order valence-corrected chi connectivity index (χ0v) is 12.2. The smallest absolute Gasteiger partial charge is 0.309 e. The maximum atomic E-state index is 12.0. The highest BCUT2D eigenvalue weighted by molar-refractivity contribution is 5.85. The summed E-state index contributed by atoms with van der Waals surface area (Å²) in [4.78, 5) is 23.8. The van der Waals surface area contributed by atoms with Crippen LogP contribution in [0.2, 0.25) is 0 Å². The van der Waals surface area contributed by atoms with E-state index in [1.165, 1.54) is 0 Å².